The first-order chi connectivity index (χ1) is 12.1. The van der Waals surface area contributed by atoms with Crippen molar-refractivity contribution in [2.75, 3.05) is 26.6 Å². The Kier molecular flexibility index (Phi) is 5.36. The Labute approximate surface area is 141 Å². The first-order valence-electron chi connectivity index (χ1n) is 6.74. The third kappa shape index (κ3) is 3.42. The molecule has 1 aromatic heterocycles. The SMILES string of the molecule is COc1cc(C(=O)O)c(NC=C(C#N)c2nn[nH]n2)c(OC)c1OC. The summed E-state index contributed by atoms with van der Waals surface area (Å²) >= 11 is 0. The van der Waals surface area contributed by atoms with Crippen LogP contribution in [0.25, 0.3) is 5.57 Å². The van der Waals surface area contributed by atoms with Gasteiger partial charge in [-0.2, -0.15) is 10.5 Å². The van der Waals surface area contributed by atoms with Crippen molar-refractivity contribution >= 4 is 17.2 Å². The first kappa shape index (κ1) is 17.5. The zero-order valence-corrected chi connectivity index (χ0v) is 13.5. The third-order valence-corrected chi connectivity index (χ3v) is 3.13. The lowest BCUT2D eigenvalue weighted by atomic mass is 10.1. The fourth-order valence-corrected chi connectivity index (χ4v) is 2.04. The fourth-order valence-electron chi connectivity index (χ4n) is 2.04. The van der Waals surface area contributed by atoms with Gasteiger partial charge in [0.2, 0.25) is 11.6 Å². The van der Waals surface area contributed by atoms with E-state index in [1.54, 1.807) is 0 Å². The molecule has 3 N–H and O–H groups in total. The molecule has 0 spiro atoms. The van der Waals surface area contributed by atoms with Crippen molar-refractivity contribution in [2.24, 2.45) is 0 Å². The van der Waals surface area contributed by atoms with E-state index >= 15 is 0 Å². The number of aromatic carboxylic acids is 1. The van der Waals surface area contributed by atoms with Gasteiger partial charge in [-0.3, -0.25) is 0 Å². The van der Waals surface area contributed by atoms with Gasteiger partial charge in [-0.1, -0.05) is 0 Å². The molecular formula is C14H14N6O5. The van der Waals surface area contributed by atoms with Crippen molar-refractivity contribution in [1.29, 1.82) is 5.26 Å². The molecule has 0 radical (unpaired) electrons. The van der Waals surface area contributed by atoms with Gasteiger partial charge in [0.15, 0.2) is 11.5 Å². The van der Waals surface area contributed by atoms with E-state index in [9.17, 15) is 15.2 Å². The molecule has 0 saturated heterocycles. The summed E-state index contributed by atoms with van der Waals surface area (Å²) in [6.45, 7) is 0. The summed E-state index contributed by atoms with van der Waals surface area (Å²) in [7, 11) is 4.11. The number of tetrazole rings is 1. The number of aromatic nitrogens is 4. The molecule has 130 valence electrons. The van der Waals surface area contributed by atoms with Crippen LogP contribution in [0.1, 0.15) is 16.2 Å². The highest BCUT2D eigenvalue weighted by atomic mass is 16.5. The number of nitrogens with one attached hydrogen (secondary N) is 2. The van der Waals surface area contributed by atoms with Gasteiger partial charge < -0.3 is 24.6 Å². The van der Waals surface area contributed by atoms with E-state index in [4.69, 9.17) is 14.2 Å². The lowest BCUT2D eigenvalue weighted by molar-refractivity contribution is 0.0697. The minimum atomic E-state index is -1.23. The molecule has 0 aliphatic carbocycles. The van der Waals surface area contributed by atoms with Crippen LogP contribution < -0.4 is 19.5 Å². The Morgan fingerprint density at radius 3 is 2.52 bits per heavy atom. The molecule has 0 fully saturated rings. The number of H-pyrrole nitrogens is 1. The van der Waals surface area contributed by atoms with Crippen LogP contribution in [-0.4, -0.2) is 53.0 Å². The minimum Gasteiger partial charge on any atom is -0.493 e. The lowest BCUT2D eigenvalue weighted by Gasteiger charge is -2.18. The molecule has 0 unspecified atom stereocenters. The molecule has 11 heteroatoms. The Hall–Kier alpha value is -3.81. The molecule has 1 aromatic carbocycles. The van der Waals surface area contributed by atoms with Crippen LogP contribution >= 0.6 is 0 Å². The maximum absolute atomic E-state index is 11.6. The van der Waals surface area contributed by atoms with E-state index in [2.05, 4.69) is 25.9 Å². The van der Waals surface area contributed by atoms with E-state index in [0.29, 0.717) is 0 Å². The highest BCUT2D eigenvalue weighted by Crippen LogP contribution is 2.45. The van der Waals surface area contributed by atoms with Crippen molar-refractivity contribution < 1.29 is 24.1 Å². The molecular weight excluding hydrogens is 332 g/mol. The second-order valence-electron chi connectivity index (χ2n) is 4.42. The van der Waals surface area contributed by atoms with Crippen LogP contribution in [0.2, 0.25) is 0 Å². The van der Waals surface area contributed by atoms with E-state index in [1.807, 2.05) is 6.07 Å². The molecule has 0 bridgehead atoms. The number of nitriles is 1. The monoisotopic (exact) mass is 346 g/mol. The molecule has 0 amide bonds. The number of carboxylic acids is 1. The maximum atomic E-state index is 11.6. The fraction of sp³-hybridized carbons (Fsp3) is 0.214. The largest absolute Gasteiger partial charge is 0.493 e. The molecule has 2 rings (SSSR count). The van der Waals surface area contributed by atoms with Gasteiger partial charge in [0.05, 0.1) is 32.6 Å². The Balaban J connectivity index is 2.59. The molecule has 0 aliphatic heterocycles. The number of allylic oxidation sites excluding steroid dienone is 1. The summed E-state index contributed by atoms with van der Waals surface area (Å²) in [6.07, 6.45) is 1.24. The number of hydrogen-bond donors (Lipinski definition) is 3. The molecule has 25 heavy (non-hydrogen) atoms. The van der Waals surface area contributed by atoms with Crippen LogP contribution in [0.4, 0.5) is 5.69 Å². The summed E-state index contributed by atoms with van der Waals surface area (Å²) < 4.78 is 15.6. The van der Waals surface area contributed by atoms with Gasteiger partial charge in [-0.15, -0.1) is 10.2 Å². The second-order valence-corrected chi connectivity index (χ2v) is 4.42. The van der Waals surface area contributed by atoms with Crippen LogP contribution in [-0.2, 0) is 0 Å². The summed E-state index contributed by atoms with van der Waals surface area (Å²) in [5.74, 6) is -0.700. The Morgan fingerprint density at radius 2 is 2.04 bits per heavy atom. The van der Waals surface area contributed by atoms with Crippen molar-refractivity contribution in [1.82, 2.24) is 20.6 Å². The quantitative estimate of drug-likeness (QED) is 0.615. The number of nitrogens with zero attached hydrogens (tertiary/aromatic N) is 4. The summed E-state index contributed by atoms with van der Waals surface area (Å²) in [5, 5.41) is 34.3. The van der Waals surface area contributed by atoms with Crippen LogP contribution in [0.3, 0.4) is 0 Å². The number of rotatable bonds is 7. The third-order valence-electron chi connectivity index (χ3n) is 3.13. The molecule has 1 heterocycles. The van der Waals surface area contributed by atoms with E-state index in [-0.39, 0.29) is 39.9 Å². The van der Waals surface area contributed by atoms with E-state index in [0.717, 1.165) is 0 Å². The number of aromatic amines is 1. The lowest BCUT2D eigenvalue weighted by Crippen LogP contribution is -2.07. The van der Waals surface area contributed by atoms with Crippen molar-refractivity contribution in [3.8, 4) is 23.3 Å². The van der Waals surface area contributed by atoms with Crippen LogP contribution in [0.5, 0.6) is 17.2 Å². The van der Waals surface area contributed by atoms with Crippen LogP contribution in [0, 0.1) is 11.3 Å². The number of anilines is 1. The topological polar surface area (TPSA) is 155 Å². The molecule has 0 saturated carbocycles. The van der Waals surface area contributed by atoms with Crippen molar-refractivity contribution in [3.05, 3.63) is 23.7 Å². The van der Waals surface area contributed by atoms with Gasteiger partial charge in [0.1, 0.15) is 11.6 Å². The number of methoxy groups -OCH3 is 3. The number of ether oxygens (including phenoxy) is 3. The van der Waals surface area contributed by atoms with Gasteiger partial charge in [-0.25, -0.2) is 4.79 Å². The second kappa shape index (κ2) is 7.64. The predicted molar refractivity (Wildman–Crippen MR) is 84.4 cm³/mol. The normalized spacial score (nSPS) is 10.7. The van der Waals surface area contributed by atoms with E-state index < -0.39 is 5.97 Å². The minimum absolute atomic E-state index is 0.0296. The predicted octanol–water partition coefficient (Wildman–Crippen LogP) is 0.900. The number of hydrogen-bond acceptors (Lipinski definition) is 9. The number of carboxylic acid groups (broad SMARTS) is 1. The van der Waals surface area contributed by atoms with Gasteiger partial charge in [0.25, 0.3) is 0 Å². The molecule has 0 atom stereocenters. The van der Waals surface area contributed by atoms with Gasteiger partial charge in [-0.05, 0) is 5.21 Å². The summed E-state index contributed by atoms with van der Waals surface area (Å²) in [4.78, 5) is 11.6. The van der Waals surface area contributed by atoms with Crippen LogP contribution in [0.15, 0.2) is 12.3 Å². The smallest absolute Gasteiger partial charge is 0.338 e. The van der Waals surface area contributed by atoms with Crippen molar-refractivity contribution in [2.45, 2.75) is 0 Å². The number of carbonyl (C=O) groups is 1. The highest BCUT2D eigenvalue weighted by molar-refractivity contribution is 5.98. The standard InChI is InChI=1S/C14H14N6O5/c1-23-9-4-8(14(21)22)10(12(25-3)11(9)24-2)16-6-7(5-15)13-17-19-20-18-13/h4,6,16H,1-3H3,(H,21,22)(H,17,18,19,20). The van der Waals surface area contributed by atoms with Gasteiger partial charge in [0, 0.05) is 12.3 Å². The van der Waals surface area contributed by atoms with Gasteiger partial charge >= 0.3 is 5.97 Å². The van der Waals surface area contributed by atoms with E-state index in [1.165, 1.54) is 33.6 Å². The zero-order valence-electron chi connectivity index (χ0n) is 13.5. The average Bonchev–Trinajstić information content (AvgIpc) is 3.15. The van der Waals surface area contributed by atoms with Crippen molar-refractivity contribution in [3.63, 3.8) is 0 Å². The Morgan fingerprint density at radius 1 is 1.32 bits per heavy atom. The molecule has 0 aliphatic rings. The summed E-state index contributed by atoms with van der Waals surface area (Å²) in [6, 6.07) is 3.16. The number of benzene rings is 1. The maximum Gasteiger partial charge on any atom is 0.338 e. The molecule has 2 aromatic rings. The average molecular weight is 346 g/mol. The molecule has 11 nitrogen and oxygen atoms in total. The Bertz CT molecular complexity index is 840. The zero-order chi connectivity index (χ0) is 18.4. The summed E-state index contributed by atoms with van der Waals surface area (Å²) in [5.41, 5.74) is -0.0398. The first-order valence-corrected chi connectivity index (χ1v) is 6.74. The highest BCUT2D eigenvalue weighted by Gasteiger charge is 2.24.